The van der Waals surface area contributed by atoms with Gasteiger partial charge in [0, 0.05) is 12.5 Å². The van der Waals surface area contributed by atoms with Gasteiger partial charge in [-0.15, -0.1) is 0 Å². The van der Waals surface area contributed by atoms with Gasteiger partial charge < -0.3 is 19.9 Å². The molecule has 0 amide bonds. The smallest absolute Gasteiger partial charge is 0.282 e. The lowest BCUT2D eigenvalue weighted by Crippen LogP contribution is -2.12. The summed E-state index contributed by atoms with van der Waals surface area (Å²) in [5, 5.41) is 0. The lowest BCUT2D eigenvalue weighted by molar-refractivity contribution is 0.261. The summed E-state index contributed by atoms with van der Waals surface area (Å²) < 4.78 is 16.7. The van der Waals surface area contributed by atoms with Crippen LogP contribution in [0.3, 0.4) is 0 Å². The Morgan fingerprint density at radius 1 is 1.04 bits per heavy atom. The summed E-state index contributed by atoms with van der Waals surface area (Å²) in [6.07, 6.45) is 0.774. The van der Waals surface area contributed by atoms with Crippen LogP contribution < -0.4 is 15.2 Å². The normalized spacial score (nSPS) is 16.5. The Balaban J connectivity index is 1.47. The number of hydrogen-bond acceptors (Lipinski definition) is 5. The van der Waals surface area contributed by atoms with Gasteiger partial charge in [-0.25, -0.2) is 4.99 Å². The molecular weight excluding hydrogens is 292 g/mol. The number of nitrogens with two attached hydrogens (primary N) is 1. The zero-order chi connectivity index (χ0) is 15.9. The zero-order valence-electron chi connectivity index (χ0n) is 12.9. The maximum Gasteiger partial charge on any atom is 0.282 e. The van der Waals surface area contributed by atoms with Crippen molar-refractivity contribution >= 4 is 6.02 Å². The van der Waals surface area contributed by atoms with Crippen LogP contribution in [0.5, 0.6) is 11.5 Å². The highest BCUT2D eigenvalue weighted by atomic mass is 16.5. The Bertz CT molecular complexity index is 658. The molecule has 1 heterocycles. The van der Waals surface area contributed by atoms with E-state index in [1.54, 1.807) is 0 Å². The van der Waals surface area contributed by atoms with Gasteiger partial charge in [0.25, 0.3) is 6.02 Å². The Morgan fingerprint density at radius 3 is 2.57 bits per heavy atom. The summed E-state index contributed by atoms with van der Waals surface area (Å²) in [6, 6.07) is 18.1. The first-order chi connectivity index (χ1) is 11.3. The zero-order valence-corrected chi connectivity index (χ0v) is 12.9. The number of ether oxygens (including phenoxy) is 3. The highest BCUT2D eigenvalue weighted by molar-refractivity contribution is 5.72. The van der Waals surface area contributed by atoms with Crippen molar-refractivity contribution in [2.75, 3.05) is 13.2 Å². The van der Waals surface area contributed by atoms with Gasteiger partial charge in [0.05, 0.1) is 12.6 Å². The lowest BCUT2D eigenvalue weighted by atomic mass is 10.2. The van der Waals surface area contributed by atoms with Crippen molar-refractivity contribution in [3.05, 3.63) is 60.2 Å². The number of benzene rings is 2. The number of rotatable bonds is 7. The third-order valence-electron chi connectivity index (χ3n) is 3.51. The molecule has 0 fully saturated rings. The van der Waals surface area contributed by atoms with Crippen LogP contribution in [0.1, 0.15) is 12.0 Å². The molecule has 0 aromatic heterocycles. The van der Waals surface area contributed by atoms with Crippen molar-refractivity contribution in [3.63, 3.8) is 0 Å². The molecule has 0 spiro atoms. The third kappa shape index (κ3) is 4.64. The molecule has 0 aliphatic carbocycles. The minimum Gasteiger partial charge on any atom is -0.493 e. The fourth-order valence-corrected chi connectivity index (χ4v) is 2.29. The summed E-state index contributed by atoms with van der Waals surface area (Å²) in [7, 11) is 0. The third-order valence-corrected chi connectivity index (χ3v) is 3.51. The summed E-state index contributed by atoms with van der Waals surface area (Å²) in [4.78, 5) is 4.17. The fraction of sp³-hybridized carbons (Fsp3) is 0.278. The van der Waals surface area contributed by atoms with Crippen molar-refractivity contribution in [2.45, 2.75) is 19.1 Å². The van der Waals surface area contributed by atoms with E-state index < -0.39 is 0 Å². The topological polar surface area (TPSA) is 66.1 Å². The van der Waals surface area contributed by atoms with Crippen molar-refractivity contribution in [3.8, 4) is 11.5 Å². The first-order valence-corrected chi connectivity index (χ1v) is 7.65. The lowest BCUT2D eigenvalue weighted by Gasteiger charge is -2.10. The van der Waals surface area contributed by atoms with E-state index in [-0.39, 0.29) is 12.1 Å². The number of nitrogens with zero attached hydrogens (tertiary/aromatic N) is 1. The maximum atomic E-state index is 5.79. The molecule has 23 heavy (non-hydrogen) atoms. The maximum absolute atomic E-state index is 5.79. The molecule has 0 bridgehead atoms. The Labute approximate surface area is 135 Å². The van der Waals surface area contributed by atoms with Crippen LogP contribution in [0.25, 0.3) is 0 Å². The minimum absolute atomic E-state index is 0.0903. The highest BCUT2D eigenvalue weighted by Gasteiger charge is 2.16. The van der Waals surface area contributed by atoms with Crippen molar-refractivity contribution < 1.29 is 14.2 Å². The molecule has 0 radical (unpaired) electrons. The SMILES string of the molecule is NC1=NC(CCOc2cccc(OCc3ccccc3)c2)CO1. The van der Waals surface area contributed by atoms with Gasteiger partial charge in [0.15, 0.2) is 0 Å². The molecule has 5 nitrogen and oxygen atoms in total. The van der Waals surface area contributed by atoms with Gasteiger partial charge in [-0.3, -0.25) is 0 Å². The molecule has 1 aliphatic rings. The van der Waals surface area contributed by atoms with Gasteiger partial charge in [0.2, 0.25) is 0 Å². The van der Waals surface area contributed by atoms with Gasteiger partial charge >= 0.3 is 0 Å². The number of amidine groups is 1. The number of hydrogen-bond donors (Lipinski definition) is 1. The average molecular weight is 312 g/mol. The molecule has 1 atom stereocenters. The van der Waals surface area contributed by atoms with Crippen LogP contribution in [0.4, 0.5) is 0 Å². The Morgan fingerprint density at radius 2 is 1.83 bits per heavy atom. The monoisotopic (exact) mass is 312 g/mol. The van der Waals surface area contributed by atoms with Crippen molar-refractivity contribution in [1.29, 1.82) is 0 Å². The van der Waals surface area contributed by atoms with Gasteiger partial charge in [-0.05, 0) is 17.7 Å². The number of aliphatic imine (C=N–C) groups is 1. The first-order valence-electron chi connectivity index (χ1n) is 7.65. The minimum atomic E-state index is 0.0903. The molecular formula is C18H20N2O3. The Kier molecular flexibility index (Phi) is 4.99. The second-order valence-corrected chi connectivity index (χ2v) is 5.32. The van der Waals surface area contributed by atoms with Crippen LogP contribution in [-0.2, 0) is 11.3 Å². The van der Waals surface area contributed by atoms with Crippen LogP contribution in [0, 0.1) is 0 Å². The molecule has 5 heteroatoms. The molecule has 3 rings (SSSR count). The first kappa shape index (κ1) is 15.2. The summed E-state index contributed by atoms with van der Waals surface area (Å²) in [5.74, 6) is 1.57. The Hall–Kier alpha value is -2.69. The van der Waals surface area contributed by atoms with Crippen LogP contribution in [-0.4, -0.2) is 25.3 Å². The summed E-state index contributed by atoms with van der Waals surface area (Å²) >= 11 is 0. The molecule has 2 aromatic rings. The van der Waals surface area contributed by atoms with E-state index in [9.17, 15) is 0 Å². The van der Waals surface area contributed by atoms with E-state index in [0.717, 1.165) is 23.5 Å². The standard InChI is InChI=1S/C18H20N2O3/c19-18-20-15(13-23-18)9-10-21-16-7-4-8-17(11-16)22-12-14-5-2-1-3-6-14/h1-8,11,15H,9-10,12-13H2,(H2,19,20). The van der Waals surface area contributed by atoms with E-state index in [2.05, 4.69) is 4.99 Å². The van der Waals surface area contributed by atoms with Gasteiger partial charge in [-0.1, -0.05) is 36.4 Å². The van der Waals surface area contributed by atoms with E-state index in [0.29, 0.717) is 19.8 Å². The molecule has 1 aliphatic heterocycles. The van der Waals surface area contributed by atoms with Crippen molar-refractivity contribution in [2.24, 2.45) is 10.7 Å². The van der Waals surface area contributed by atoms with Crippen LogP contribution >= 0.6 is 0 Å². The fourth-order valence-electron chi connectivity index (χ4n) is 2.29. The van der Waals surface area contributed by atoms with Crippen LogP contribution in [0.15, 0.2) is 59.6 Å². The largest absolute Gasteiger partial charge is 0.493 e. The molecule has 120 valence electrons. The molecule has 2 N–H and O–H groups in total. The summed E-state index contributed by atoms with van der Waals surface area (Å²) in [5.41, 5.74) is 6.61. The van der Waals surface area contributed by atoms with Gasteiger partial charge in [0.1, 0.15) is 24.7 Å². The molecule has 1 unspecified atom stereocenters. The predicted octanol–water partition coefficient (Wildman–Crippen LogP) is 2.75. The van der Waals surface area contributed by atoms with E-state index in [4.69, 9.17) is 19.9 Å². The van der Waals surface area contributed by atoms with Crippen LogP contribution in [0.2, 0.25) is 0 Å². The van der Waals surface area contributed by atoms with E-state index in [1.807, 2.05) is 54.6 Å². The average Bonchev–Trinajstić information content (AvgIpc) is 3.00. The van der Waals surface area contributed by atoms with Gasteiger partial charge in [-0.2, -0.15) is 0 Å². The second kappa shape index (κ2) is 7.54. The molecule has 0 saturated carbocycles. The summed E-state index contributed by atoms with van der Waals surface area (Å²) in [6.45, 7) is 1.64. The second-order valence-electron chi connectivity index (χ2n) is 5.32. The van der Waals surface area contributed by atoms with E-state index >= 15 is 0 Å². The molecule has 0 saturated heterocycles. The van der Waals surface area contributed by atoms with E-state index in [1.165, 1.54) is 0 Å². The highest BCUT2D eigenvalue weighted by Crippen LogP contribution is 2.21. The van der Waals surface area contributed by atoms with Crippen molar-refractivity contribution in [1.82, 2.24) is 0 Å². The quantitative estimate of drug-likeness (QED) is 0.853. The predicted molar refractivity (Wildman–Crippen MR) is 88.7 cm³/mol. The molecule has 2 aromatic carbocycles.